The fourth-order valence-electron chi connectivity index (χ4n) is 10.5. The fourth-order valence-corrected chi connectivity index (χ4v) is 13.8. The number of nitrogens with one attached hydrogen (secondary N) is 2. The van der Waals surface area contributed by atoms with Crippen molar-refractivity contribution < 1.29 is 55.8 Å². The predicted molar refractivity (Wildman–Crippen MR) is 270 cm³/mol. The number of urea groups is 1. The van der Waals surface area contributed by atoms with Crippen LogP contribution in [0.15, 0.2) is 59.9 Å². The number of methoxy groups -OCH3 is 1. The third kappa shape index (κ3) is 11.8. The quantitative estimate of drug-likeness (QED) is 0.101. The van der Waals surface area contributed by atoms with Gasteiger partial charge in [0.15, 0.2) is 9.68 Å². The number of cyclic esters (lactones) is 1. The van der Waals surface area contributed by atoms with Crippen LogP contribution in [0.25, 0.3) is 33.6 Å². The molecule has 0 aliphatic carbocycles. The largest absolute Gasteiger partial charge is 0.465 e. The van der Waals surface area contributed by atoms with E-state index in [2.05, 4.69) is 22.0 Å². The van der Waals surface area contributed by atoms with Crippen molar-refractivity contribution in [1.29, 1.82) is 0 Å². The summed E-state index contributed by atoms with van der Waals surface area (Å²) in [5, 5.41) is 8.08. The lowest BCUT2D eigenvalue weighted by Gasteiger charge is -2.47. The molecule has 397 valence electrons. The molecule has 5 amide bonds. The Balaban J connectivity index is 1.13. The van der Waals surface area contributed by atoms with E-state index < -0.39 is 67.8 Å². The number of pyridine rings is 1. The normalized spacial score (nSPS) is 21.1. The van der Waals surface area contributed by atoms with Crippen LogP contribution < -0.4 is 10.4 Å². The molecular weight excluding hydrogens is 996 g/mol. The number of nitrogens with zero attached hydrogens (tertiary/aromatic N) is 7. The van der Waals surface area contributed by atoms with Crippen molar-refractivity contribution in [3.05, 3.63) is 72.4 Å². The Bertz CT molecular complexity index is 2760. The number of likely N-dealkylation sites (tertiary alicyclic amines) is 1. The van der Waals surface area contributed by atoms with Crippen molar-refractivity contribution in [3.8, 4) is 22.7 Å². The standard InChI is InChI=1S/C51H65F3N9O9Si2/c1-9-41(64)61-22-23-72-50(28-61)16-20-60(21-17-50)48(68)59(7)74(31(2)3)47(67)57-38-25-34-27-70-44(56-34)33-14-15-39-36(24-33)37(26-49(5,6)30-71-46(66)40-13-11-19-63(45(38)65)58-73-40)43(62(39)29-51(52,53)54)35-12-10-18-55-42(35)32(4)69-8/h9-10,12,14-15,18,24,27,31-32,38,40,58H,1,11,13,16-17,19-23,25-26,28-30H2,2-8H3,(H,57,67)/t32-,38-,40-/m0/s1. The number of piperidine rings is 1. The van der Waals surface area contributed by atoms with Gasteiger partial charge in [0.2, 0.25) is 17.3 Å². The number of hydrogen-bond acceptors (Lipinski definition) is 12. The number of carbonyl (C=O) groups excluding carboxylic acids is 5. The summed E-state index contributed by atoms with van der Waals surface area (Å²) in [7, 11) is 0.460. The van der Waals surface area contributed by atoms with Gasteiger partial charge in [-0.3, -0.25) is 34.3 Å². The number of aromatic nitrogens is 3. The molecule has 8 rings (SSSR count). The van der Waals surface area contributed by atoms with Crippen LogP contribution >= 0.6 is 0 Å². The highest BCUT2D eigenvalue weighted by molar-refractivity contribution is 6.90. The molecule has 7 heterocycles. The van der Waals surface area contributed by atoms with Gasteiger partial charge in [0.25, 0.3) is 14.9 Å². The minimum absolute atomic E-state index is 0.0626. The number of alkyl halides is 3. The van der Waals surface area contributed by atoms with Gasteiger partial charge in [-0.1, -0.05) is 34.3 Å². The molecule has 3 radical (unpaired) electrons. The first-order valence-electron chi connectivity index (χ1n) is 25.0. The highest BCUT2D eigenvalue weighted by Crippen LogP contribution is 2.43. The van der Waals surface area contributed by atoms with E-state index in [1.165, 1.54) is 33.6 Å². The molecule has 1 spiro atoms. The maximum atomic E-state index is 14.7. The molecule has 74 heavy (non-hydrogen) atoms. The van der Waals surface area contributed by atoms with Crippen LogP contribution in [0, 0.1) is 5.41 Å². The molecule has 6 bridgehead atoms. The smallest absolute Gasteiger partial charge is 0.406 e. The summed E-state index contributed by atoms with van der Waals surface area (Å²) >= 11 is 0. The van der Waals surface area contributed by atoms with Crippen molar-refractivity contribution >= 4 is 58.9 Å². The maximum Gasteiger partial charge on any atom is 0.406 e. The summed E-state index contributed by atoms with van der Waals surface area (Å²) in [5.74, 6) is -0.993. The number of halogens is 3. The molecule has 4 aliphatic heterocycles. The zero-order valence-corrected chi connectivity index (χ0v) is 45.0. The Morgan fingerprint density at radius 2 is 1.86 bits per heavy atom. The van der Waals surface area contributed by atoms with Crippen molar-refractivity contribution in [3.63, 3.8) is 0 Å². The van der Waals surface area contributed by atoms with Gasteiger partial charge in [0.05, 0.1) is 54.1 Å². The molecule has 1 aromatic carbocycles. The lowest BCUT2D eigenvalue weighted by atomic mass is 9.84. The Labute approximate surface area is 432 Å². The number of fused-ring (bicyclic) bond motifs is 7. The first kappa shape index (κ1) is 54.4. The third-order valence-corrected chi connectivity index (χ3v) is 18.2. The van der Waals surface area contributed by atoms with Crippen LogP contribution in [0.4, 0.5) is 22.8 Å². The van der Waals surface area contributed by atoms with E-state index in [4.69, 9.17) is 23.6 Å². The minimum Gasteiger partial charge on any atom is -0.465 e. The number of carbonyl (C=O) groups is 5. The summed E-state index contributed by atoms with van der Waals surface area (Å²) in [6.07, 6.45) is 0.965. The van der Waals surface area contributed by atoms with Gasteiger partial charge in [-0.2, -0.15) is 13.2 Å². The topological polar surface area (TPSA) is 194 Å². The predicted octanol–water partition coefficient (Wildman–Crippen LogP) is 6.82. The van der Waals surface area contributed by atoms with Gasteiger partial charge >= 0.3 is 18.2 Å². The average molecular weight is 1060 g/mol. The number of hydrogen-bond donors (Lipinski definition) is 2. The van der Waals surface area contributed by atoms with Gasteiger partial charge in [0.1, 0.15) is 18.8 Å². The Morgan fingerprint density at radius 3 is 2.57 bits per heavy atom. The maximum absolute atomic E-state index is 14.7. The van der Waals surface area contributed by atoms with Gasteiger partial charge in [0, 0.05) is 80.4 Å². The molecule has 0 unspecified atom stereocenters. The summed E-state index contributed by atoms with van der Waals surface area (Å²) in [5.41, 5.74) is 0.0527. The number of esters is 1. The molecule has 3 saturated heterocycles. The second kappa shape index (κ2) is 22.1. The van der Waals surface area contributed by atoms with Gasteiger partial charge < -0.3 is 42.9 Å². The van der Waals surface area contributed by atoms with Crippen LogP contribution in [0.5, 0.6) is 0 Å². The molecule has 3 aromatic heterocycles. The summed E-state index contributed by atoms with van der Waals surface area (Å²) < 4.78 is 70.9. The Hall–Kier alpha value is -5.89. The monoisotopic (exact) mass is 1060 g/mol. The van der Waals surface area contributed by atoms with Crippen molar-refractivity contribution in [2.24, 2.45) is 5.41 Å². The number of rotatable bonds is 9. The van der Waals surface area contributed by atoms with Crippen molar-refractivity contribution in [2.45, 2.75) is 115 Å². The zero-order valence-electron chi connectivity index (χ0n) is 43.0. The molecule has 18 nitrogen and oxygen atoms in total. The van der Waals surface area contributed by atoms with E-state index in [1.54, 1.807) is 60.3 Å². The Morgan fingerprint density at radius 1 is 1.11 bits per heavy atom. The molecule has 23 heteroatoms. The van der Waals surface area contributed by atoms with Crippen LogP contribution in [0.2, 0.25) is 11.1 Å². The molecule has 0 saturated carbocycles. The highest BCUT2D eigenvalue weighted by Gasteiger charge is 2.45. The average Bonchev–Trinajstić information content (AvgIpc) is 3.84. The number of hydrazine groups is 1. The van der Waals surface area contributed by atoms with E-state index in [0.29, 0.717) is 103 Å². The second-order valence-electron chi connectivity index (χ2n) is 20.7. The van der Waals surface area contributed by atoms with Crippen LogP contribution in [-0.2, 0) is 48.0 Å². The second-order valence-corrected chi connectivity index (χ2v) is 25.0. The van der Waals surface area contributed by atoms with Crippen molar-refractivity contribution in [2.75, 3.05) is 60.1 Å². The summed E-state index contributed by atoms with van der Waals surface area (Å²) in [6, 6.07) is 6.84. The molecular formula is C51H65F3N9O9Si2. The molecule has 3 fully saturated rings. The summed E-state index contributed by atoms with van der Waals surface area (Å²) in [4.78, 5) is 82.8. The van der Waals surface area contributed by atoms with Crippen LogP contribution in [0.3, 0.4) is 0 Å². The molecule has 2 N–H and O–H groups in total. The lowest BCUT2D eigenvalue weighted by Crippen LogP contribution is -2.63. The first-order valence-corrected chi connectivity index (χ1v) is 27.6. The molecule has 4 aromatic rings. The third-order valence-electron chi connectivity index (χ3n) is 14.3. The number of morpholine rings is 1. The molecule has 4 aliphatic rings. The summed E-state index contributed by atoms with van der Waals surface area (Å²) in [6.45, 7) is 13.7. The SMILES string of the molecule is C=CC(=O)N1CCOC2(CCN(C(=O)N(C)[Si](C(=O)N[C@H]3Cc4coc(n4)-c4ccc5c(c4)c(c(-c4cccnc4[C@H](C)OC)n5CC(F)(F)F)CC(C)(C)COC(=O)[C@@H]4CCCN(N[Si]4)C3=O)C(C)C)CC2)C1. The van der Waals surface area contributed by atoms with Crippen LogP contribution in [-0.4, -0.2) is 160 Å². The van der Waals surface area contributed by atoms with E-state index in [1.807, 2.05) is 27.7 Å². The number of amides is 5. The van der Waals surface area contributed by atoms with Crippen molar-refractivity contribution in [1.82, 2.24) is 44.3 Å². The number of oxazole rings is 1. The van der Waals surface area contributed by atoms with Crippen LogP contribution in [0.1, 0.15) is 83.4 Å². The van der Waals surface area contributed by atoms with E-state index in [9.17, 15) is 37.1 Å². The van der Waals surface area contributed by atoms with E-state index >= 15 is 0 Å². The van der Waals surface area contributed by atoms with E-state index in [-0.39, 0.29) is 59.0 Å². The first-order chi connectivity index (χ1) is 35.1. The number of ether oxygens (including phenoxy) is 3. The fraction of sp³-hybridized carbons (Fsp3) is 0.549. The zero-order chi connectivity index (χ0) is 53.3. The Kier molecular flexibility index (Phi) is 16.3. The number of benzene rings is 1. The lowest BCUT2D eigenvalue weighted by molar-refractivity contribution is -0.154. The highest BCUT2D eigenvalue weighted by atomic mass is 28.3. The molecule has 3 atom stereocenters. The minimum atomic E-state index is -4.62. The van der Waals surface area contributed by atoms with Gasteiger partial charge in [-0.15, -0.1) is 0 Å². The van der Waals surface area contributed by atoms with Gasteiger partial charge in [-0.25, -0.2) is 9.78 Å². The van der Waals surface area contributed by atoms with Gasteiger partial charge in [-0.05, 0) is 86.5 Å². The van der Waals surface area contributed by atoms with E-state index in [0.717, 1.165) is 0 Å².